The van der Waals surface area contributed by atoms with Crippen molar-refractivity contribution in [3.05, 3.63) is 23.8 Å². The summed E-state index contributed by atoms with van der Waals surface area (Å²) in [6.45, 7) is 8.37. The zero-order valence-corrected chi connectivity index (χ0v) is 12.9. The second kappa shape index (κ2) is 7.17. The topological polar surface area (TPSA) is 78.9 Å². The van der Waals surface area contributed by atoms with Gasteiger partial charge in [0.25, 0.3) is 0 Å². The highest BCUT2D eigenvalue weighted by Crippen LogP contribution is 2.24. The SMILES string of the molecule is Cc1ccc(N)c(-c2nnnn2CCOCCC(C)C)c1. The van der Waals surface area contributed by atoms with Crippen LogP contribution in [0.4, 0.5) is 5.69 Å². The van der Waals surface area contributed by atoms with E-state index in [9.17, 15) is 0 Å². The van der Waals surface area contributed by atoms with Gasteiger partial charge < -0.3 is 10.5 Å². The number of nitrogens with two attached hydrogens (primary N) is 1. The number of nitrogen functional groups attached to an aromatic ring is 1. The first-order chi connectivity index (χ1) is 10.1. The van der Waals surface area contributed by atoms with Crippen LogP contribution in [0.3, 0.4) is 0 Å². The number of nitrogens with zero attached hydrogens (tertiary/aromatic N) is 4. The number of tetrazole rings is 1. The minimum atomic E-state index is 0.594. The molecule has 6 nitrogen and oxygen atoms in total. The van der Waals surface area contributed by atoms with Gasteiger partial charge in [-0.25, -0.2) is 4.68 Å². The molecule has 0 amide bonds. The third kappa shape index (κ3) is 4.26. The Morgan fingerprint density at radius 2 is 2.10 bits per heavy atom. The molecule has 0 bridgehead atoms. The molecule has 1 aromatic carbocycles. The predicted octanol–water partition coefficient (Wildman–Crippen LogP) is 2.29. The molecule has 0 saturated carbocycles. The number of hydrogen-bond acceptors (Lipinski definition) is 5. The highest BCUT2D eigenvalue weighted by molar-refractivity contribution is 5.71. The number of benzene rings is 1. The van der Waals surface area contributed by atoms with Gasteiger partial charge in [-0.05, 0) is 41.8 Å². The summed E-state index contributed by atoms with van der Waals surface area (Å²) in [7, 11) is 0. The Morgan fingerprint density at radius 3 is 2.86 bits per heavy atom. The molecule has 2 rings (SSSR count). The summed E-state index contributed by atoms with van der Waals surface area (Å²) >= 11 is 0. The molecule has 1 heterocycles. The van der Waals surface area contributed by atoms with Gasteiger partial charge in [-0.1, -0.05) is 25.5 Å². The number of rotatable bonds is 7. The predicted molar refractivity (Wildman–Crippen MR) is 82.7 cm³/mol. The normalized spacial score (nSPS) is 11.2. The molecule has 0 saturated heterocycles. The van der Waals surface area contributed by atoms with Gasteiger partial charge in [-0.15, -0.1) is 5.10 Å². The molecule has 0 atom stereocenters. The van der Waals surface area contributed by atoms with E-state index in [1.807, 2.05) is 25.1 Å². The lowest BCUT2D eigenvalue weighted by molar-refractivity contribution is 0.114. The van der Waals surface area contributed by atoms with Crippen LogP contribution in [0.2, 0.25) is 0 Å². The van der Waals surface area contributed by atoms with Gasteiger partial charge in [0.15, 0.2) is 5.82 Å². The monoisotopic (exact) mass is 289 g/mol. The van der Waals surface area contributed by atoms with Gasteiger partial charge in [0.1, 0.15) is 0 Å². The standard InChI is InChI=1S/C15H23N5O/c1-11(2)6-8-21-9-7-20-15(17-18-19-20)13-10-12(3)4-5-14(13)16/h4-5,10-11H,6-9,16H2,1-3H3. The van der Waals surface area contributed by atoms with Crippen LogP contribution < -0.4 is 5.73 Å². The lowest BCUT2D eigenvalue weighted by Gasteiger charge is -2.09. The lowest BCUT2D eigenvalue weighted by Crippen LogP contribution is -2.11. The Hall–Kier alpha value is -1.95. The fraction of sp³-hybridized carbons (Fsp3) is 0.533. The van der Waals surface area contributed by atoms with Gasteiger partial charge >= 0.3 is 0 Å². The quantitative estimate of drug-likeness (QED) is 0.625. The summed E-state index contributed by atoms with van der Waals surface area (Å²) < 4.78 is 7.35. The fourth-order valence-corrected chi connectivity index (χ4v) is 1.98. The molecule has 21 heavy (non-hydrogen) atoms. The van der Waals surface area contributed by atoms with Gasteiger partial charge in [-0.3, -0.25) is 0 Å². The summed E-state index contributed by atoms with van der Waals surface area (Å²) in [6.07, 6.45) is 1.06. The third-order valence-corrected chi connectivity index (χ3v) is 3.27. The molecule has 6 heteroatoms. The van der Waals surface area contributed by atoms with Crippen LogP contribution in [0.15, 0.2) is 18.2 Å². The Kier molecular flexibility index (Phi) is 5.27. The largest absolute Gasteiger partial charge is 0.398 e. The lowest BCUT2D eigenvalue weighted by atomic mass is 10.1. The van der Waals surface area contributed by atoms with Crippen molar-refractivity contribution in [1.82, 2.24) is 20.2 Å². The molecule has 2 aromatic rings. The molecule has 0 radical (unpaired) electrons. The summed E-state index contributed by atoms with van der Waals surface area (Å²) in [5, 5.41) is 11.8. The third-order valence-electron chi connectivity index (χ3n) is 3.27. The number of anilines is 1. The second-order valence-corrected chi connectivity index (χ2v) is 5.61. The molecule has 0 aliphatic rings. The van der Waals surface area contributed by atoms with Crippen molar-refractivity contribution in [2.24, 2.45) is 5.92 Å². The van der Waals surface area contributed by atoms with Crippen molar-refractivity contribution in [3.63, 3.8) is 0 Å². The van der Waals surface area contributed by atoms with E-state index in [0.717, 1.165) is 24.2 Å². The van der Waals surface area contributed by atoms with Crippen molar-refractivity contribution in [2.75, 3.05) is 18.9 Å². The van der Waals surface area contributed by atoms with E-state index in [1.165, 1.54) is 0 Å². The van der Waals surface area contributed by atoms with Gasteiger partial charge in [0, 0.05) is 17.9 Å². The highest BCUT2D eigenvalue weighted by Gasteiger charge is 2.12. The van der Waals surface area contributed by atoms with Crippen LogP contribution in [0.25, 0.3) is 11.4 Å². The first-order valence-corrected chi connectivity index (χ1v) is 7.28. The fourth-order valence-electron chi connectivity index (χ4n) is 1.98. The number of ether oxygens (including phenoxy) is 1. The summed E-state index contributed by atoms with van der Waals surface area (Å²) in [5.41, 5.74) is 8.69. The number of aromatic nitrogens is 4. The summed E-state index contributed by atoms with van der Waals surface area (Å²) in [6, 6.07) is 5.85. The average Bonchev–Trinajstić information content (AvgIpc) is 2.89. The van der Waals surface area contributed by atoms with E-state index in [2.05, 4.69) is 29.4 Å². The molecule has 0 fully saturated rings. The number of hydrogen-bond donors (Lipinski definition) is 1. The van der Waals surface area contributed by atoms with E-state index >= 15 is 0 Å². The van der Waals surface area contributed by atoms with E-state index in [0.29, 0.717) is 30.6 Å². The summed E-state index contributed by atoms with van der Waals surface area (Å²) in [4.78, 5) is 0. The van der Waals surface area contributed by atoms with Crippen LogP contribution in [0.5, 0.6) is 0 Å². The maximum atomic E-state index is 6.02. The van der Waals surface area contributed by atoms with E-state index in [4.69, 9.17) is 10.5 Å². The Labute approximate surface area is 125 Å². The highest BCUT2D eigenvalue weighted by atomic mass is 16.5. The Balaban J connectivity index is 2.00. The van der Waals surface area contributed by atoms with Crippen LogP contribution in [-0.2, 0) is 11.3 Å². The van der Waals surface area contributed by atoms with Crippen LogP contribution in [0, 0.1) is 12.8 Å². The van der Waals surface area contributed by atoms with Crippen LogP contribution >= 0.6 is 0 Å². The Bertz CT molecular complexity index is 579. The zero-order valence-electron chi connectivity index (χ0n) is 12.9. The minimum Gasteiger partial charge on any atom is -0.398 e. The van der Waals surface area contributed by atoms with E-state index in [-0.39, 0.29) is 0 Å². The first-order valence-electron chi connectivity index (χ1n) is 7.28. The molecule has 0 unspecified atom stereocenters. The molecule has 0 spiro atoms. The first kappa shape index (κ1) is 15.4. The maximum absolute atomic E-state index is 6.02. The molecule has 114 valence electrons. The van der Waals surface area contributed by atoms with Gasteiger partial charge in [0.2, 0.25) is 0 Å². The second-order valence-electron chi connectivity index (χ2n) is 5.61. The van der Waals surface area contributed by atoms with E-state index in [1.54, 1.807) is 4.68 Å². The molecule has 0 aliphatic carbocycles. The number of aryl methyl sites for hydroxylation is 1. The zero-order chi connectivity index (χ0) is 15.2. The van der Waals surface area contributed by atoms with Crippen LogP contribution in [0.1, 0.15) is 25.8 Å². The van der Waals surface area contributed by atoms with Crippen molar-refractivity contribution >= 4 is 5.69 Å². The molecule has 2 N–H and O–H groups in total. The summed E-state index contributed by atoms with van der Waals surface area (Å²) in [5.74, 6) is 1.34. The van der Waals surface area contributed by atoms with Crippen LogP contribution in [-0.4, -0.2) is 33.4 Å². The van der Waals surface area contributed by atoms with Crippen molar-refractivity contribution in [1.29, 1.82) is 0 Å². The maximum Gasteiger partial charge on any atom is 0.184 e. The average molecular weight is 289 g/mol. The van der Waals surface area contributed by atoms with Crippen molar-refractivity contribution in [3.8, 4) is 11.4 Å². The van der Waals surface area contributed by atoms with E-state index < -0.39 is 0 Å². The van der Waals surface area contributed by atoms with Crippen molar-refractivity contribution < 1.29 is 4.74 Å². The molecular formula is C15H23N5O. The van der Waals surface area contributed by atoms with Gasteiger partial charge in [-0.2, -0.15) is 0 Å². The van der Waals surface area contributed by atoms with Crippen molar-refractivity contribution in [2.45, 2.75) is 33.7 Å². The Morgan fingerprint density at radius 1 is 1.29 bits per heavy atom. The molecular weight excluding hydrogens is 266 g/mol. The van der Waals surface area contributed by atoms with Gasteiger partial charge in [0.05, 0.1) is 13.2 Å². The molecule has 0 aliphatic heterocycles. The minimum absolute atomic E-state index is 0.594. The molecule has 1 aromatic heterocycles. The smallest absolute Gasteiger partial charge is 0.184 e.